The first-order valence-corrected chi connectivity index (χ1v) is 12.1. The molecule has 1 aromatic carbocycles. The van der Waals surface area contributed by atoms with Crippen LogP contribution in [0.4, 0.5) is 0 Å². The summed E-state index contributed by atoms with van der Waals surface area (Å²) in [6, 6.07) is 6.84. The van der Waals surface area contributed by atoms with E-state index in [1.165, 1.54) is 6.08 Å². The average Bonchev–Trinajstić information content (AvgIpc) is 3.18. The molecule has 2 saturated heterocycles. The van der Waals surface area contributed by atoms with E-state index < -0.39 is 33.4 Å². The Morgan fingerprint density at radius 3 is 2.47 bits per heavy atom. The summed E-state index contributed by atoms with van der Waals surface area (Å²) in [5.74, 6) is -1.32. The number of sulfonamides is 1. The molecule has 30 heavy (non-hydrogen) atoms. The average molecular weight is 434 g/mol. The van der Waals surface area contributed by atoms with Gasteiger partial charge in [0.15, 0.2) is 5.78 Å². The molecule has 1 amide bonds. The van der Waals surface area contributed by atoms with Gasteiger partial charge in [0.05, 0.1) is 18.3 Å². The maximum atomic E-state index is 13.4. The van der Waals surface area contributed by atoms with Crippen LogP contribution in [0.5, 0.6) is 0 Å². The number of hydrogen-bond donors (Lipinski definition) is 1. The number of benzene rings is 1. The van der Waals surface area contributed by atoms with Crippen molar-refractivity contribution < 1.29 is 18.0 Å². The molecule has 0 radical (unpaired) electrons. The summed E-state index contributed by atoms with van der Waals surface area (Å²) in [7, 11) is 0.239. The number of hydrogen-bond acceptors (Lipinski definition) is 6. The van der Waals surface area contributed by atoms with E-state index in [0.29, 0.717) is 13.0 Å². The van der Waals surface area contributed by atoms with Crippen LogP contribution >= 0.6 is 0 Å². The van der Waals surface area contributed by atoms with Crippen molar-refractivity contribution in [3.05, 3.63) is 41.5 Å². The predicted octanol–water partition coefficient (Wildman–Crippen LogP) is 1.51. The van der Waals surface area contributed by atoms with Crippen LogP contribution in [0.2, 0.25) is 0 Å². The summed E-state index contributed by atoms with van der Waals surface area (Å²) in [6.45, 7) is 5.02. The highest BCUT2D eigenvalue weighted by atomic mass is 32.2. The summed E-state index contributed by atoms with van der Waals surface area (Å²) in [4.78, 5) is 28.9. The van der Waals surface area contributed by atoms with Gasteiger partial charge in [-0.1, -0.05) is 44.2 Å². The predicted molar refractivity (Wildman–Crippen MR) is 117 cm³/mol. The maximum absolute atomic E-state index is 13.4. The van der Waals surface area contributed by atoms with Gasteiger partial charge in [-0.3, -0.25) is 9.59 Å². The molecule has 1 aromatic rings. The Kier molecular flexibility index (Phi) is 6.23. The molecule has 1 N–H and O–H groups in total. The summed E-state index contributed by atoms with van der Waals surface area (Å²) >= 11 is 0. The van der Waals surface area contributed by atoms with Crippen LogP contribution < -0.4 is 5.32 Å². The number of carbonyl (C=O) groups excluding carboxylic acids is 2. The first-order chi connectivity index (χ1) is 14.0. The van der Waals surface area contributed by atoms with Gasteiger partial charge in [-0.25, -0.2) is 12.7 Å². The molecule has 3 atom stereocenters. The lowest BCUT2D eigenvalue weighted by atomic mass is 9.68. The van der Waals surface area contributed by atoms with Gasteiger partial charge in [-0.2, -0.15) is 0 Å². The van der Waals surface area contributed by atoms with Gasteiger partial charge >= 0.3 is 0 Å². The molecule has 0 saturated carbocycles. The van der Waals surface area contributed by atoms with Crippen molar-refractivity contribution >= 4 is 27.8 Å². The molecule has 3 rings (SSSR count). The molecular weight excluding hydrogens is 402 g/mol. The number of ketones is 1. The van der Waals surface area contributed by atoms with E-state index in [4.69, 9.17) is 0 Å². The highest BCUT2D eigenvalue weighted by Gasteiger charge is 2.67. The third-order valence-electron chi connectivity index (χ3n) is 6.12. The van der Waals surface area contributed by atoms with Crippen LogP contribution in [0.15, 0.2) is 30.3 Å². The van der Waals surface area contributed by atoms with Gasteiger partial charge in [-0.05, 0) is 50.2 Å². The molecule has 0 bridgehead atoms. The normalized spacial score (nSPS) is 26.9. The number of allylic oxidation sites excluding steroid dienone is 1. The molecule has 7 nitrogen and oxygen atoms in total. The lowest BCUT2D eigenvalue weighted by Gasteiger charge is -2.33. The fraction of sp³-hybridized carbons (Fsp3) is 0.545. The number of amides is 1. The number of carbonyl (C=O) groups is 2. The summed E-state index contributed by atoms with van der Waals surface area (Å²) < 4.78 is 25.6. The van der Waals surface area contributed by atoms with E-state index in [1.807, 2.05) is 52.2 Å². The van der Waals surface area contributed by atoms with Crippen LogP contribution in [-0.4, -0.2) is 68.3 Å². The zero-order valence-electron chi connectivity index (χ0n) is 18.3. The molecule has 3 unspecified atom stereocenters. The molecule has 0 aliphatic carbocycles. The van der Waals surface area contributed by atoms with Gasteiger partial charge < -0.3 is 10.2 Å². The van der Waals surface area contributed by atoms with Crippen molar-refractivity contribution in [3.8, 4) is 0 Å². The zero-order valence-corrected chi connectivity index (χ0v) is 19.1. The Hall–Kier alpha value is -2.03. The van der Waals surface area contributed by atoms with E-state index in [-0.39, 0.29) is 11.7 Å². The second kappa shape index (κ2) is 8.24. The summed E-state index contributed by atoms with van der Waals surface area (Å²) in [5.41, 5.74) is 0.590. The number of fused-ring (bicyclic) bond motifs is 1. The molecule has 2 aliphatic heterocycles. The molecule has 0 spiro atoms. The second-order valence-corrected chi connectivity index (χ2v) is 10.7. The molecule has 2 aliphatic rings. The monoisotopic (exact) mass is 433 g/mol. The van der Waals surface area contributed by atoms with E-state index in [1.54, 1.807) is 6.08 Å². The van der Waals surface area contributed by atoms with Gasteiger partial charge in [0.1, 0.15) is 5.41 Å². The van der Waals surface area contributed by atoms with E-state index >= 15 is 0 Å². The highest BCUT2D eigenvalue weighted by molar-refractivity contribution is 7.89. The summed E-state index contributed by atoms with van der Waals surface area (Å²) in [5, 5.41) is 3.24. The van der Waals surface area contributed by atoms with Crippen molar-refractivity contribution in [2.24, 2.45) is 11.3 Å². The molecule has 164 valence electrons. The number of nitrogens with zero attached hydrogens (tertiary/aromatic N) is 2. The minimum atomic E-state index is -3.76. The molecule has 8 heteroatoms. The van der Waals surface area contributed by atoms with Crippen molar-refractivity contribution in [2.75, 3.05) is 26.9 Å². The molecule has 2 heterocycles. The Morgan fingerprint density at radius 2 is 1.93 bits per heavy atom. The van der Waals surface area contributed by atoms with Crippen molar-refractivity contribution in [1.29, 1.82) is 0 Å². The van der Waals surface area contributed by atoms with Crippen LogP contribution in [-0.2, 0) is 26.2 Å². The maximum Gasteiger partial charge on any atom is 0.252 e. The van der Waals surface area contributed by atoms with Crippen LogP contribution in [0.1, 0.15) is 31.4 Å². The standard InChI is InChI=1S/C22H31N3O4S/c1-15(2)22(20-18(12-13-23-20)25(21(22)27)30(5,28)29)19(26)11-10-16-6-8-17(9-7-16)14-24(3)4/h6-11,15,18,20,23H,12-14H2,1-5H3/b11-10+. The van der Waals surface area contributed by atoms with Gasteiger partial charge in [0.2, 0.25) is 10.0 Å². The smallest absolute Gasteiger partial charge is 0.252 e. The van der Waals surface area contributed by atoms with Gasteiger partial charge in [-0.15, -0.1) is 0 Å². The van der Waals surface area contributed by atoms with E-state index in [9.17, 15) is 18.0 Å². The number of rotatable bonds is 7. The van der Waals surface area contributed by atoms with Crippen molar-refractivity contribution in [2.45, 2.75) is 38.9 Å². The molecular formula is C22H31N3O4S. The zero-order chi connectivity index (χ0) is 22.3. The van der Waals surface area contributed by atoms with Gasteiger partial charge in [0, 0.05) is 6.54 Å². The lowest BCUT2D eigenvalue weighted by Crippen LogP contribution is -2.53. The third kappa shape index (κ3) is 3.84. The SMILES string of the molecule is CC(C)C1(C(=O)/C=C/c2ccc(CN(C)C)cc2)C(=O)N(S(C)(=O)=O)C2CCNC21. The van der Waals surface area contributed by atoms with E-state index in [0.717, 1.165) is 28.2 Å². The lowest BCUT2D eigenvalue weighted by molar-refractivity contribution is -0.143. The van der Waals surface area contributed by atoms with Crippen LogP contribution in [0.3, 0.4) is 0 Å². The topological polar surface area (TPSA) is 86.8 Å². The van der Waals surface area contributed by atoms with Crippen molar-refractivity contribution in [3.63, 3.8) is 0 Å². The minimum absolute atomic E-state index is 0.351. The van der Waals surface area contributed by atoms with E-state index in [2.05, 4.69) is 10.2 Å². The molecule has 0 aromatic heterocycles. The van der Waals surface area contributed by atoms with Crippen molar-refractivity contribution in [1.82, 2.24) is 14.5 Å². The highest BCUT2D eigenvalue weighted by Crippen LogP contribution is 2.47. The quantitative estimate of drug-likeness (QED) is 0.518. The van der Waals surface area contributed by atoms with Crippen LogP contribution in [0, 0.1) is 11.3 Å². The van der Waals surface area contributed by atoms with Gasteiger partial charge in [0.25, 0.3) is 5.91 Å². The first kappa shape index (κ1) is 22.7. The Balaban J connectivity index is 1.93. The molecule has 2 fully saturated rings. The number of nitrogens with one attached hydrogen (secondary N) is 1. The fourth-order valence-corrected chi connectivity index (χ4v) is 6.00. The Bertz CT molecular complexity index is 953. The fourth-order valence-electron chi connectivity index (χ4n) is 4.83. The minimum Gasteiger partial charge on any atom is -0.310 e. The second-order valence-electron chi connectivity index (χ2n) is 8.85. The Labute approximate surface area is 179 Å². The first-order valence-electron chi connectivity index (χ1n) is 10.2. The largest absolute Gasteiger partial charge is 0.310 e. The Morgan fingerprint density at radius 1 is 1.30 bits per heavy atom. The van der Waals surface area contributed by atoms with Crippen LogP contribution in [0.25, 0.3) is 6.08 Å². The third-order valence-corrected chi connectivity index (χ3v) is 7.27. The summed E-state index contributed by atoms with van der Waals surface area (Å²) in [6.07, 6.45) is 4.68.